The summed E-state index contributed by atoms with van der Waals surface area (Å²) < 4.78 is 5.65. The van der Waals surface area contributed by atoms with Crippen LogP contribution in [-0.2, 0) is 0 Å². The number of rotatable bonds is 7. The molecule has 0 aromatic heterocycles. The number of guanidine groups is 1. The van der Waals surface area contributed by atoms with Gasteiger partial charge in [-0.15, -0.1) is 0 Å². The van der Waals surface area contributed by atoms with Crippen LogP contribution in [0.3, 0.4) is 0 Å². The van der Waals surface area contributed by atoms with Crippen LogP contribution in [0.5, 0.6) is 5.75 Å². The molecule has 0 saturated heterocycles. The Hall–Kier alpha value is -1.75. The maximum absolute atomic E-state index is 9.09. The second-order valence-corrected chi connectivity index (χ2v) is 5.76. The molecule has 0 amide bonds. The molecule has 1 aromatic carbocycles. The zero-order chi connectivity index (χ0) is 15.8. The molecule has 2 rings (SSSR count). The molecular weight excluding hydrogens is 278 g/mol. The zero-order valence-corrected chi connectivity index (χ0v) is 13.3. The fraction of sp³-hybridized carbons (Fsp3) is 0.588. The van der Waals surface area contributed by atoms with Crippen molar-refractivity contribution >= 4 is 5.96 Å². The Labute approximate surface area is 132 Å². The summed E-state index contributed by atoms with van der Waals surface area (Å²) in [6.45, 7) is 3.71. The predicted molar refractivity (Wildman–Crippen MR) is 89.0 cm³/mol. The van der Waals surface area contributed by atoms with Crippen molar-refractivity contribution in [1.82, 2.24) is 5.32 Å². The van der Waals surface area contributed by atoms with Gasteiger partial charge in [-0.05, 0) is 24.8 Å². The van der Waals surface area contributed by atoms with Crippen LogP contribution >= 0.6 is 0 Å². The number of aliphatic hydroxyl groups excluding tert-OH is 1. The van der Waals surface area contributed by atoms with E-state index in [0.29, 0.717) is 25.0 Å². The number of fused-ring (bicyclic) bond motifs is 1. The highest BCUT2D eigenvalue weighted by atomic mass is 16.5. The Balaban J connectivity index is 1.94. The van der Waals surface area contributed by atoms with Gasteiger partial charge in [-0.2, -0.15) is 0 Å². The van der Waals surface area contributed by atoms with Crippen LogP contribution in [0.15, 0.2) is 29.3 Å². The summed E-state index contributed by atoms with van der Waals surface area (Å²) in [5, 5.41) is 12.4. The monoisotopic (exact) mass is 305 g/mol. The fourth-order valence-electron chi connectivity index (χ4n) is 2.86. The van der Waals surface area contributed by atoms with Gasteiger partial charge in [-0.3, -0.25) is 4.99 Å². The number of nitrogens with two attached hydrogens (primary N) is 1. The van der Waals surface area contributed by atoms with Crippen molar-refractivity contribution in [3.8, 4) is 5.75 Å². The maximum Gasteiger partial charge on any atom is 0.189 e. The third-order valence-corrected chi connectivity index (χ3v) is 4.03. The van der Waals surface area contributed by atoms with E-state index in [9.17, 15) is 0 Å². The summed E-state index contributed by atoms with van der Waals surface area (Å²) in [5.74, 6) is 1.79. The lowest BCUT2D eigenvalue weighted by Crippen LogP contribution is -2.37. The summed E-state index contributed by atoms with van der Waals surface area (Å²) in [6, 6.07) is 8.17. The average molecular weight is 305 g/mol. The van der Waals surface area contributed by atoms with Gasteiger partial charge < -0.3 is 20.9 Å². The lowest BCUT2D eigenvalue weighted by molar-refractivity contribution is 0.253. The first-order valence-corrected chi connectivity index (χ1v) is 8.13. The molecule has 0 fully saturated rings. The first-order valence-electron chi connectivity index (χ1n) is 8.13. The number of nitrogens with zero attached hydrogens (tertiary/aromatic N) is 1. The Bertz CT molecular complexity index is 485. The highest BCUT2D eigenvalue weighted by molar-refractivity contribution is 5.78. The maximum atomic E-state index is 9.09. The number of para-hydroxylation sites is 1. The molecule has 2 unspecified atom stereocenters. The third kappa shape index (κ3) is 4.63. The second-order valence-electron chi connectivity index (χ2n) is 5.76. The van der Waals surface area contributed by atoms with Crippen molar-refractivity contribution in [3.05, 3.63) is 29.8 Å². The smallest absolute Gasteiger partial charge is 0.189 e. The standard InChI is InChI=1S/C17H27N3O2/c1-2-5-13(8-10-21)12-19-17(18)20-15-9-11-22-16-7-4-3-6-14(15)16/h3-4,6-7,13,15,21H,2,5,8-12H2,1H3,(H3,18,19,20). The Morgan fingerprint density at radius 2 is 2.27 bits per heavy atom. The lowest BCUT2D eigenvalue weighted by Gasteiger charge is -2.27. The summed E-state index contributed by atoms with van der Waals surface area (Å²) in [7, 11) is 0. The number of hydrogen-bond donors (Lipinski definition) is 3. The van der Waals surface area contributed by atoms with E-state index in [2.05, 4.69) is 23.3 Å². The average Bonchev–Trinajstić information content (AvgIpc) is 2.53. The van der Waals surface area contributed by atoms with Gasteiger partial charge in [0.05, 0.1) is 12.6 Å². The van der Waals surface area contributed by atoms with E-state index in [-0.39, 0.29) is 12.6 Å². The topological polar surface area (TPSA) is 79.9 Å². The van der Waals surface area contributed by atoms with Crippen LogP contribution < -0.4 is 15.8 Å². The Kier molecular flexibility index (Phi) is 6.52. The van der Waals surface area contributed by atoms with Crippen molar-refractivity contribution in [2.75, 3.05) is 19.8 Å². The molecule has 1 aliphatic heterocycles. The minimum Gasteiger partial charge on any atom is -0.493 e. The number of nitrogens with one attached hydrogen (secondary N) is 1. The molecule has 0 aliphatic carbocycles. The molecule has 5 heteroatoms. The van der Waals surface area contributed by atoms with Crippen molar-refractivity contribution in [3.63, 3.8) is 0 Å². The molecule has 1 heterocycles. The Morgan fingerprint density at radius 3 is 3.05 bits per heavy atom. The van der Waals surface area contributed by atoms with Gasteiger partial charge in [0.15, 0.2) is 5.96 Å². The van der Waals surface area contributed by atoms with Gasteiger partial charge in [0.2, 0.25) is 0 Å². The fourth-order valence-corrected chi connectivity index (χ4v) is 2.86. The molecule has 5 nitrogen and oxygen atoms in total. The van der Waals surface area contributed by atoms with Crippen LogP contribution in [0.1, 0.15) is 44.2 Å². The van der Waals surface area contributed by atoms with Crippen molar-refractivity contribution in [1.29, 1.82) is 0 Å². The molecule has 2 atom stereocenters. The molecule has 0 bridgehead atoms. The molecule has 0 radical (unpaired) electrons. The van der Waals surface area contributed by atoms with Crippen molar-refractivity contribution < 1.29 is 9.84 Å². The van der Waals surface area contributed by atoms with E-state index in [0.717, 1.165) is 37.0 Å². The number of aliphatic hydroxyl groups is 1. The van der Waals surface area contributed by atoms with Gasteiger partial charge in [-0.1, -0.05) is 31.5 Å². The number of aliphatic imine (C=N–C) groups is 1. The molecule has 4 N–H and O–H groups in total. The van der Waals surface area contributed by atoms with Crippen molar-refractivity contribution in [2.24, 2.45) is 16.6 Å². The summed E-state index contributed by atoms with van der Waals surface area (Å²) in [6.07, 6.45) is 3.82. The molecule has 1 aliphatic rings. The van der Waals surface area contributed by atoms with Gasteiger partial charge in [0.1, 0.15) is 5.75 Å². The third-order valence-electron chi connectivity index (χ3n) is 4.03. The molecule has 122 valence electrons. The second kappa shape index (κ2) is 8.63. The Morgan fingerprint density at radius 1 is 1.45 bits per heavy atom. The molecular formula is C17H27N3O2. The van der Waals surface area contributed by atoms with Crippen LogP contribution in [0, 0.1) is 5.92 Å². The van der Waals surface area contributed by atoms with Crippen LogP contribution in [0.25, 0.3) is 0 Å². The van der Waals surface area contributed by atoms with E-state index in [1.165, 1.54) is 0 Å². The van der Waals surface area contributed by atoms with Crippen LogP contribution in [0.4, 0.5) is 0 Å². The van der Waals surface area contributed by atoms with E-state index in [1.54, 1.807) is 0 Å². The first-order chi connectivity index (χ1) is 10.7. The first kappa shape index (κ1) is 16.6. The number of benzene rings is 1. The molecule has 0 spiro atoms. The summed E-state index contributed by atoms with van der Waals surface area (Å²) in [5.41, 5.74) is 7.17. The lowest BCUT2D eigenvalue weighted by atomic mass is 10.0. The summed E-state index contributed by atoms with van der Waals surface area (Å²) in [4.78, 5) is 4.46. The largest absolute Gasteiger partial charge is 0.493 e. The molecule has 22 heavy (non-hydrogen) atoms. The normalized spacial score (nSPS) is 19.2. The van der Waals surface area contributed by atoms with Crippen LogP contribution in [-0.4, -0.2) is 30.8 Å². The van der Waals surface area contributed by atoms with E-state index in [4.69, 9.17) is 15.6 Å². The van der Waals surface area contributed by atoms with E-state index in [1.807, 2.05) is 18.2 Å². The van der Waals surface area contributed by atoms with E-state index < -0.39 is 0 Å². The molecule has 0 saturated carbocycles. The number of hydrogen-bond acceptors (Lipinski definition) is 3. The van der Waals surface area contributed by atoms with Crippen molar-refractivity contribution in [2.45, 2.75) is 38.6 Å². The van der Waals surface area contributed by atoms with Gasteiger partial charge in [0, 0.05) is 25.1 Å². The highest BCUT2D eigenvalue weighted by Gasteiger charge is 2.21. The predicted octanol–water partition coefficient (Wildman–Crippen LogP) is 2.21. The minimum atomic E-state index is 0.149. The summed E-state index contributed by atoms with van der Waals surface area (Å²) >= 11 is 0. The van der Waals surface area contributed by atoms with Gasteiger partial charge >= 0.3 is 0 Å². The zero-order valence-electron chi connectivity index (χ0n) is 13.3. The van der Waals surface area contributed by atoms with Crippen LogP contribution in [0.2, 0.25) is 0 Å². The quantitative estimate of drug-likeness (QED) is 0.533. The SMILES string of the molecule is CCCC(CCO)CN=C(N)NC1CCOc2ccccc21. The van der Waals surface area contributed by atoms with Gasteiger partial charge in [0.25, 0.3) is 0 Å². The minimum absolute atomic E-state index is 0.149. The van der Waals surface area contributed by atoms with E-state index >= 15 is 0 Å². The van der Waals surface area contributed by atoms with Gasteiger partial charge in [-0.25, -0.2) is 0 Å². The number of ether oxygens (including phenoxy) is 1. The highest BCUT2D eigenvalue weighted by Crippen LogP contribution is 2.31. The molecule has 1 aromatic rings.